The van der Waals surface area contributed by atoms with Crippen molar-refractivity contribution in [2.45, 2.75) is 65.6 Å². The molecule has 4 heteroatoms. The number of carbonyl (C=O) groups excluding carboxylic acids is 2. The Bertz CT molecular complexity index is 1080. The molecule has 0 aromatic heterocycles. The fraction of sp³-hybridized carbons (Fsp3) is 0.333. The summed E-state index contributed by atoms with van der Waals surface area (Å²) in [5, 5.41) is 3.12. The van der Waals surface area contributed by atoms with Gasteiger partial charge in [-0.2, -0.15) is 0 Å². The molecule has 0 aliphatic heterocycles. The molecular weight excluding hydrogens is 420 g/mol. The van der Waals surface area contributed by atoms with Crippen molar-refractivity contribution in [1.82, 2.24) is 10.2 Å². The zero-order chi connectivity index (χ0) is 24.5. The zero-order valence-corrected chi connectivity index (χ0v) is 20.8. The molecule has 0 spiro atoms. The summed E-state index contributed by atoms with van der Waals surface area (Å²) in [6.45, 7) is 8.49. The molecule has 4 nitrogen and oxygen atoms in total. The molecule has 2 atom stereocenters. The molecule has 0 saturated carbocycles. The quantitative estimate of drug-likeness (QED) is 0.444. The van der Waals surface area contributed by atoms with E-state index >= 15 is 0 Å². The standard InChI is InChI=1S/C30H36N2O2/c1-5-24(4)31-30(34)28(19-25-12-8-6-9-13-25)32(21-26-14-10-7-11-15-26)29(33)20-27-18-22(2)16-17-23(27)3/h6-18,24,28H,5,19-21H2,1-4H3,(H,31,34)/t24-,28-/m1/s1. The molecule has 3 aromatic rings. The lowest BCUT2D eigenvalue weighted by Crippen LogP contribution is -2.52. The van der Waals surface area contributed by atoms with Crippen LogP contribution in [0.4, 0.5) is 0 Å². The summed E-state index contributed by atoms with van der Waals surface area (Å²) < 4.78 is 0. The monoisotopic (exact) mass is 456 g/mol. The second-order valence-corrected chi connectivity index (χ2v) is 9.14. The Morgan fingerprint density at radius 3 is 2.12 bits per heavy atom. The third kappa shape index (κ3) is 7.05. The third-order valence-electron chi connectivity index (χ3n) is 6.31. The summed E-state index contributed by atoms with van der Waals surface area (Å²) in [5.41, 5.74) is 5.25. The van der Waals surface area contributed by atoms with Crippen molar-refractivity contribution in [2.75, 3.05) is 0 Å². The molecule has 0 heterocycles. The Kier molecular flexibility index (Phi) is 9.03. The first-order valence-corrected chi connectivity index (χ1v) is 12.1. The van der Waals surface area contributed by atoms with Gasteiger partial charge in [-0.25, -0.2) is 0 Å². The molecule has 178 valence electrons. The lowest BCUT2D eigenvalue weighted by molar-refractivity contribution is -0.141. The summed E-state index contributed by atoms with van der Waals surface area (Å²) in [6, 6.07) is 25.5. The van der Waals surface area contributed by atoms with Crippen molar-refractivity contribution < 1.29 is 9.59 Å². The van der Waals surface area contributed by atoms with Crippen molar-refractivity contribution in [2.24, 2.45) is 0 Å². The van der Waals surface area contributed by atoms with Crippen LogP contribution in [0.3, 0.4) is 0 Å². The number of nitrogens with zero attached hydrogens (tertiary/aromatic N) is 1. The first kappa shape index (κ1) is 25.2. The Labute approximate surface area is 204 Å². The molecule has 0 saturated heterocycles. The van der Waals surface area contributed by atoms with Crippen LogP contribution < -0.4 is 5.32 Å². The maximum atomic E-state index is 13.8. The molecular formula is C30H36N2O2. The Hall–Kier alpha value is -3.40. The number of nitrogens with one attached hydrogen (secondary N) is 1. The van der Waals surface area contributed by atoms with Crippen LogP contribution >= 0.6 is 0 Å². The van der Waals surface area contributed by atoms with Crippen LogP contribution in [0, 0.1) is 13.8 Å². The molecule has 3 aromatic carbocycles. The largest absolute Gasteiger partial charge is 0.352 e. The third-order valence-corrected chi connectivity index (χ3v) is 6.31. The average molecular weight is 457 g/mol. The number of hydrogen-bond donors (Lipinski definition) is 1. The summed E-state index contributed by atoms with van der Waals surface area (Å²) in [7, 11) is 0. The van der Waals surface area contributed by atoms with E-state index in [0.717, 1.165) is 34.2 Å². The number of rotatable bonds is 10. The van der Waals surface area contributed by atoms with Gasteiger partial charge in [-0.15, -0.1) is 0 Å². The molecule has 34 heavy (non-hydrogen) atoms. The zero-order valence-electron chi connectivity index (χ0n) is 20.8. The Morgan fingerprint density at radius 1 is 0.882 bits per heavy atom. The van der Waals surface area contributed by atoms with Gasteiger partial charge in [-0.3, -0.25) is 9.59 Å². The normalized spacial score (nSPS) is 12.6. The van der Waals surface area contributed by atoms with E-state index in [2.05, 4.69) is 23.5 Å². The van der Waals surface area contributed by atoms with E-state index < -0.39 is 6.04 Å². The van der Waals surface area contributed by atoms with Gasteiger partial charge in [0.05, 0.1) is 6.42 Å². The Morgan fingerprint density at radius 2 is 1.50 bits per heavy atom. The Balaban J connectivity index is 1.98. The molecule has 0 bridgehead atoms. The number of amides is 2. The average Bonchev–Trinajstić information content (AvgIpc) is 2.84. The number of aryl methyl sites for hydroxylation is 2. The van der Waals surface area contributed by atoms with Crippen molar-refractivity contribution in [3.63, 3.8) is 0 Å². The van der Waals surface area contributed by atoms with Gasteiger partial charge in [-0.05, 0) is 49.4 Å². The maximum Gasteiger partial charge on any atom is 0.243 e. The lowest BCUT2D eigenvalue weighted by Gasteiger charge is -2.32. The molecule has 2 amide bonds. The summed E-state index contributed by atoms with van der Waals surface area (Å²) in [4.78, 5) is 29.1. The van der Waals surface area contributed by atoms with Gasteiger partial charge < -0.3 is 10.2 Å². The molecule has 0 radical (unpaired) electrons. The minimum Gasteiger partial charge on any atom is -0.352 e. The van der Waals surface area contributed by atoms with Crippen LogP contribution in [0.2, 0.25) is 0 Å². The van der Waals surface area contributed by atoms with Gasteiger partial charge in [0.1, 0.15) is 6.04 Å². The van der Waals surface area contributed by atoms with E-state index in [1.54, 1.807) is 4.90 Å². The number of benzene rings is 3. The summed E-state index contributed by atoms with van der Waals surface area (Å²) >= 11 is 0. The highest BCUT2D eigenvalue weighted by molar-refractivity contribution is 5.89. The van der Waals surface area contributed by atoms with E-state index in [0.29, 0.717) is 13.0 Å². The van der Waals surface area contributed by atoms with Crippen LogP contribution in [0.1, 0.15) is 48.1 Å². The van der Waals surface area contributed by atoms with E-state index in [1.807, 2.05) is 88.4 Å². The lowest BCUT2D eigenvalue weighted by atomic mass is 9.99. The minimum atomic E-state index is -0.603. The van der Waals surface area contributed by atoms with E-state index in [4.69, 9.17) is 0 Å². The van der Waals surface area contributed by atoms with Crippen LogP contribution in [0.5, 0.6) is 0 Å². The van der Waals surface area contributed by atoms with Gasteiger partial charge >= 0.3 is 0 Å². The van der Waals surface area contributed by atoms with Gasteiger partial charge in [0, 0.05) is 19.0 Å². The van der Waals surface area contributed by atoms with Gasteiger partial charge in [0.2, 0.25) is 11.8 Å². The molecule has 3 rings (SSSR count). The summed E-state index contributed by atoms with van der Waals surface area (Å²) in [5.74, 6) is -0.152. The van der Waals surface area contributed by atoms with Gasteiger partial charge in [0.25, 0.3) is 0 Å². The van der Waals surface area contributed by atoms with E-state index in [9.17, 15) is 9.59 Å². The molecule has 0 unspecified atom stereocenters. The topological polar surface area (TPSA) is 49.4 Å². The highest BCUT2D eigenvalue weighted by Gasteiger charge is 2.31. The van der Waals surface area contributed by atoms with Gasteiger partial charge in [0.15, 0.2) is 0 Å². The highest BCUT2D eigenvalue weighted by atomic mass is 16.2. The fourth-order valence-corrected chi connectivity index (χ4v) is 4.03. The first-order valence-electron chi connectivity index (χ1n) is 12.1. The highest BCUT2D eigenvalue weighted by Crippen LogP contribution is 2.19. The van der Waals surface area contributed by atoms with Crippen molar-refractivity contribution in [3.8, 4) is 0 Å². The maximum absolute atomic E-state index is 13.8. The second kappa shape index (κ2) is 12.2. The van der Waals surface area contributed by atoms with Gasteiger partial charge in [-0.1, -0.05) is 91.3 Å². The molecule has 0 fully saturated rings. The number of carbonyl (C=O) groups is 2. The van der Waals surface area contributed by atoms with Crippen LogP contribution in [0.25, 0.3) is 0 Å². The van der Waals surface area contributed by atoms with E-state index in [1.165, 1.54) is 0 Å². The second-order valence-electron chi connectivity index (χ2n) is 9.14. The summed E-state index contributed by atoms with van der Waals surface area (Å²) in [6.07, 6.45) is 1.57. The molecule has 1 N–H and O–H groups in total. The van der Waals surface area contributed by atoms with Crippen LogP contribution in [-0.4, -0.2) is 28.8 Å². The van der Waals surface area contributed by atoms with E-state index in [-0.39, 0.29) is 24.3 Å². The van der Waals surface area contributed by atoms with Crippen molar-refractivity contribution >= 4 is 11.8 Å². The molecule has 0 aliphatic carbocycles. The predicted octanol–water partition coefficient (Wildman–Crippen LogP) is 5.40. The smallest absolute Gasteiger partial charge is 0.243 e. The minimum absolute atomic E-state index is 0.0402. The SMILES string of the molecule is CC[C@@H](C)NC(=O)[C@@H](Cc1ccccc1)N(Cc1ccccc1)C(=O)Cc1cc(C)ccc1C. The fourth-order valence-electron chi connectivity index (χ4n) is 4.03. The molecule has 0 aliphatic rings. The van der Waals surface area contributed by atoms with Crippen molar-refractivity contribution in [1.29, 1.82) is 0 Å². The van der Waals surface area contributed by atoms with Crippen molar-refractivity contribution in [3.05, 3.63) is 107 Å². The first-order chi connectivity index (χ1) is 16.4. The predicted molar refractivity (Wildman–Crippen MR) is 138 cm³/mol. The van der Waals surface area contributed by atoms with Crippen LogP contribution in [-0.2, 0) is 29.0 Å². The van der Waals surface area contributed by atoms with Crippen LogP contribution in [0.15, 0.2) is 78.9 Å². The number of hydrogen-bond acceptors (Lipinski definition) is 2.